The molecule has 1 spiro atoms. The molecule has 7 fully saturated rings. The third kappa shape index (κ3) is 4.69. The van der Waals surface area contributed by atoms with Crippen LogP contribution in [0, 0.1) is 46.7 Å². The van der Waals surface area contributed by atoms with Gasteiger partial charge in [0.05, 0.1) is 24.0 Å². The zero-order valence-corrected chi connectivity index (χ0v) is 24.8. The van der Waals surface area contributed by atoms with Gasteiger partial charge in [0.1, 0.15) is 12.4 Å². The Bertz CT molecular complexity index is 1330. The van der Waals surface area contributed by atoms with E-state index in [1.165, 1.54) is 42.4 Å². The van der Waals surface area contributed by atoms with E-state index in [-0.39, 0.29) is 44.1 Å². The smallest absolute Gasteiger partial charge is 0.413 e. The molecule has 1 saturated heterocycles. The molecule has 1 heterocycles. The van der Waals surface area contributed by atoms with Crippen molar-refractivity contribution in [2.24, 2.45) is 40.9 Å². The van der Waals surface area contributed by atoms with Gasteiger partial charge in [-0.05, 0) is 86.3 Å². The van der Waals surface area contributed by atoms with E-state index in [0.29, 0.717) is 23.3 Å². The summed E-state index contributed by atoms with van der Waals surface area (Å²) in [6.45, 7) is 4.74. The van der Waals surface area contributed by atoms with Gasteiger partial charge < -0.3 is 23.7 Å². The monoisotopic (exact) mass is 611 g/mol. The van der Waals surface area contributed by atoms with Gasteiger partial charge in [-0.3, -0.25) is 14.5 Å². The molecule has 0 radical (unpaired) electrons. The quantitative estimate of drug-likeness (QED) is 0.172. The van der Waals surface area contributed by atoms with Crippen LogP contribution in [0.25, 0.3) is 0 Å². The molecule has 4 bridgehead atoms. The van der Waals surface area contributed by atoms with E-state index in [1.807, 2.05) is 0 Å². The van der Waals surface area contributed by atoms with Gasteiger partial charge in [0, 0.05) is 12.8 Å². The summed E-state index contributed by atoms with van der Waals surface area (Å²) in [6, 6.07) is 5.78. The molecule has 6 aliphatic carbocycles. The van der Waals surface area contributed by atoms with Gasteiger partial charge in [-0.15, -0.1) is 0 Å². The van der Waals surface area contributed by atoms with Crippen molar-refractivity contribution < 1.29 is 47.3 Å². The number of halogens is 1. The molecule has 1 amide bonds. The van der Waals surface area contributed by atoms with Crippen molar-refractivity contribution >= 4 is 24.0 Å². The van der Waals surface area contributed by atoms with Gasteiger partial charge in [0.15, 0.2) is 12.3 Å². The van der Waals surface area contributed by atoms with Gasteiger partial charge in [0.25, 0.3) is 0 Å². The number of carbonyl (C=O) groups is 4. The normalized spacial score (nSPS) is 38.2. The molecule has 6 atom stereocenters. The number of carbonyl (C=O) groups excluding carboxylic acids is 4. The average Bonchev–Trinajstić information content (AvgIpc) is 3.46. The summed E-state index contributed by atoms with van der Waals surface area (Å²) in [7, 11) is 0. The van der Waals surface area contributed by atoms with Crippen LogP contribution in [-0.4, -0.2) is 60.2 Å². The summed E-state index contributed by atoms with van der Waals surface area (Å²) in [5.41, 5.74) is -1.41. The number of fused-ring (bicyclic) bond motifs is 2. The van der Waals surface area contributed by atoms with Crippen LogP contribution >= 0.6 is 0 Å². The molecule has 10 nitrogen and oxygen atoms in total. The van der Waals surface area contributed by atoms with E-state index in [9.17, 15) is 23.6 Å². The van der Waals surface area contributed by atoms with E-state index in [0.717, 1.165) is 19.3 Å². The minimum Gasteiger partial charge on any atom is -0.445 e. The number of ether oxygens (including phenoxy) is 5. The number of esters is 3. The molecule has 0 aromatic heterocycles. The number of cyclic esters (lactones) is 1. The molecule has 11 heteroatoms. The first kappa shape index (κ1) is 29.3. The second-order valence-electron chi connectivity index (χ2n) is 13.7. The zero-order chi connectivity index (χ0) is 30.8. The van der Waals surface area contributed by atoms with Crippen LogP contribution < -0.4 is 0 Å². The summed E-state index contributed by atoms with van der Waals surface area (Å²) in [4.78, 5) is 54.7. The van der Waals surface area contributed by atoms with Crippen LogP contribution in [0.5, 0.6) is 0 Å². The van der Waals surface area contributed by atoms with Gasteiger partial charge in [-0.1, -0.05) is 24.8 Å². The van der Waals surface area contributed by atoms with Gasteiger partial charge >= 0.3 is 24.0 Å². The number of nitrogens with zero attached hydrogens (tertiary/aromatic N) is 1. The lowest BCUT2D eigenvalue weighted by Gasteiger charge is -2.55. The molecule has 6 unspecified atom stereocenters. The van der Waals surface area contributed by atoms with E-state index >= 15 is 0 Å². The van der Waals surface area contributed by atoms with Crippen LogP contribution in [0.15, 0.2) is 36.9 Å². The minimum atomic E-state index is -1.61. The molecule has 6 saturated carbocycles. The fraction of sp³-hybridized carbons (Fsp3) is 0.636. The molecule has 1 aromatic rings. The van der Waals surface area contributed by atoms with Gasteiger partial charge in [-0.25, -0.2) is 14.0 Å². The van der Waals surface area contributed by atoms with Crippen LogP contribution in [0.1, 0.15) is 57.4 Å². The summed E-state index contributed by atoms with van der Waals surface area (Å²) in [5.74, 6) is -1.92. The Balaban J connectivity index is 1.05. The Labute approximate surface area is 255 Å². The van der Waals surface area contributed by atoms with E-state index < -0.39 is 53.2 Å². The zero-order valence-electron chi connectivity index (χ0n) is 24.8. The van der Waals surface area contributed by atoms with Crippen molar-refractivity contribution in [3.63, 3.8) is 0 Å². The van der Waals surface area contributed by atoms with E-state index in [2.05, 4.69) is 6.58 Å². The molecular weight excluding hydrogens is 573 g/mol. The van der Waals surface area contributed by atoms with Crippen molar-refractivity contribution in [2.45, 2.75) is 76.4 Å². The third-order valence-corrected chi connectivity index (χ3v) is 11.0. The minimum absolute atomic E-state index is 0.0569. The Morgan fingerprint density at radius 1 is 1.07 bits per heavy atom. The maximum atomic E-state index is 13.5. The first-order valence-electron chi connectivity index (χ1n) is 15.6. The van der Waals surface area contributed by atoms with Crippen molar-refractivity contribution in [2.75, 3.05) is 13.3 Å². The molecule has 236 valence electrons. The summed E-state index contributed by atoms with van der Waals surface area (Å²) < 4.78 is 41.7. The Hall–Kier alpha value is -3.47. The Morgan fingerprint density at radius 2 is 1.73 bits per heavy atom. The summed E-state index contributed by atoms with van der Waals surface area (Å²) in [6.07, 6.45) is 5.12. The number of rotatable bonds is 9. The lowest BCUT2D eigenvalue weighted by molar-refractivity contribution is -0.203. The number of hydrogen-bond acceptors (Lipinski definition) is 9. The molecular formula is C33H38FNO9. The second kappa shape index (κ2) is 10.9. The summed E-state index contributed by atoms with van der Waals surface area (Å²) >= 11 is 0. The summed E-state index contributed by atoms with van der Waals surface area (Å²) in [5, 5.41) is 0. The topological polar surface area (TPSA) is 118 Å². The first-order chi connectivity index (χ1) is 21.1. The SMILES string of the molecule is C=CCOC(=O)N1COC(=O)C12C(OCc1ccc(F)cc1)CC1C(C(=O)OC(C)OC(=O)C34CC5CC(CC(C5)C3)C4)C12. The second-order valence-corrected chi connectivity index (χ2v) is 13.7. The fourth-order valence-electron chi connectivity index (χ4n) is 9.59. The van der Waals surface area contributed by atoms with Crippen LogP contribution in [0.2, 0.25) is 0 Å². The van der Waals surface area contributed by atoms with E-state index in [1.54, 1.807) is 19.1 Å². The average molecular weight is 612 g/mol. The fourth-order valence-corrected chi connectivity index (χ4v) is 9.59. The largest absolute Gasteiger partial charge is 0.445 e. The molecule has 7 aliphatic rings. The maximum absolute atomic E-state index is 13.5. The van der Waals surface area contributed by atoms with Crippen molar-refractivity contribution in [3.05, 3.63) is 48.3 Å². The predicted molar refractivity (Wildman–Crippen MR) is 149 cm³/mol. The lowest BCUT2D eigenvalue weighted by atomic mass is 9.49. The Kier molecular flexibility index (Phi) is 7.22. The molecule has 1 aliphatic heterocycles. The molecule has 1 aromatic carbocycles. The predicted octanol–water partition coefficient (Wildman–Crippen LogP) is 4.50. The maximum Gasteiger partial charge on any atom is 0.413 e. The van der Waals surface area contributed by atoms with Crippen LogP contribution in [0.3, 0.4) is 0 Å². The lowest BCUT2D eigenvalue weighted by Crippen LogP contribution is -2.60. The highest BCUT2D eigenvalue weighted by Crippen LogP contribution is 2.67. The Morgan fingerprint density at radius 3 is 2.36 bits per heavy atom. The van der Waals surface area contributed by atoms with Crippen LogP contribution in [0.4, 0.5) is 9.18 Å². The van der Waals surface area contributed by atoms with E-state index in [4.69, 9.17) is 23.7 Å². The van der Waals surface area contributed by atoms with Crippen molar-refractivity contribution in [1.82, 2.24) is 4.90 Å². The standard InChI is InChI=1S/C33H38FNO9/c1-3-8-40-31(39)35-17-42-30(38)33(35)25(41-16-19-4-6-23(34)7-5-19)12-24-26(27(24)33)28(36)43-18(2)44-29(37)32-13-20-9-21(14-32)11-22(10-20)15-32/h3-7,18,20-22,24-27H,1,8-17H2,2H3. The molecule has 0 N–H and O–H groups in total. The van der Waals surface area contributed by atoms with Crippen molar-refractivity contribution in [1.29, 1.82) is 0 Å². The van der Waals surface area contributed by atoms with Gasteiger partial charge in [0.2, 0.25) is 6.29 Å². The highest BCUT2D eigenvalue weighted by Gasteiger charge is 2.81. The highest BCUT2D eigenvalue weighted by atomic mass is 19.1. The van der Waals surface area contributed by atoms with Crippen LogP contribution in [-0.2, 0) is 44.7 Å². The van der Waals surface area contributed by atoms with Crippen molar-refractivity contribution in [3.8, 4) is 0 Å². The molecule has 8 rings (SSSR count). The number of benzene rings is 1. The highest BCUT2D eigenvalue weighted by molar-refractivity contribution is 5.93. The van der Waals surface area contributed by atoms with Gasteiger partial charge in [-0.2, -0.15) is 0 Å². The first-order valence-corrected chi connectivity index (χ1v) is 15.6. The number of amides is 1. The number of hydrogen-bond donors (Lipinski definition) is 0. The molecule has 44 heavy (non-hydrogen) atoms. The third-order valence-electron chi connectivity index (χ3n) is 11.0.